The van der Waals surface area contributed by atoms with Crippen molar-refractivity contribution in [2.24, 2.45) is 5.73 Å². The first-order valence-electron chi connectivity index (χ1n) is 4.47. The van der Waals surface area contributed by atoms with Crippen LogP contribution in [0.15, 0.2) is 12.3 Å². The average Bonchev–Trinajstić information content (AvgIpc) is 2.16. The summed E-state index contributed by atoms with van der Waals surface area (Å²) in [5.74, 6) is -0.373. The minimum absolute atomic E-state index is 0. The quantitative estimate of drug-likeness (QED) is 0.833. The minimum atomic E-state index is -0.373. The van der Waals surface area contributed by atoms with Gasteiger partial charge < -0.3 is 5.73 Å². The van der Waals surface area contributed by atoms with E-state index in [0.717, 1.165) is 24.1 Å². The molecule has 1 rings (SSSR count). The van der Waals surface area contributed by atoms with Crippen LogP contribution in [0, 0.1) is 0 Å². The summed E-state index contributed by atoms with van der Waals surface area (Å²) in [5.41, 5.74) is 7.68. The molecule has 0 saturated heterocycles. The van der Waals surface area contributed by atoms with E-state index < -0.39 is 0 Å². The molecule has 1 aromatic heterocycles. The van der Waals surface area contributed by atoms with E-state index >= 15 is 0 Å². The molecule has 0 bridgehead atoms. The fourth-order valence-electron chi connectivity index (χ4n) is 1.41. The second kappa shape index (κ2) is 5.60. The summed E-state index contributed by atoms with van der Waals surface area (Å²) >= 11 is 0. The number of primary amides is 1. The van der Waals surface area contributed by atoms with Crippen LogP contribution in [-0.4, -0.2) is 10.9 Å². The molecule has 0 aliphatic rings. The van der Waals surface area contributed by atoms with E-state index in [1.807, 2.05) is 19.9 Å². The van der Waals surface area contributed by atoms with E-state index in [9.17, 15) is 4.79 Å². The van der Waals surface area contributed by atoms with Crippen molar-refractivity contribution in [1.29, 1.82) is 0 Å². The number of pyridine rings is 1. The summed E-state index contributed by atoms with van der Waals surface area (Å²) in [5, 5.41) is 0. The van der Waals surface area contributed by atoms with Crippen LogP contribution in [0.4, 0.5) is 0 Å². The van der Waals surface area contributed by atoms with Crippen LogP contribution in [0.3, 0.4) is 0 Å². The molecule has 0 spiro atoms. The first kappa shape index (κ1) is 12.9. The lowest BCUT2D eigenvalue weighted by atomic mass is 10.0. The summed E-state index contributed by atoms with van der Waals surface area (Å²) in [6.45, 7) is 3.97. The van der Waals surface area contributed by atoms with Crippen LogP contribution in [0.5, 0.6) is 0 Å². The topological polar surface area (TPSA) is 56.0 Å². The Morgan fingerprint density at radius 1 is 1.43 bits per heavy atom. The predicted molar refractivity (Wildman–Crippen MR) is 58.8 cm³/mol. The van der Waals surface area contributed by atoms with Crippen molar-refractivity contribution in [3.63, 3.8) is 0 Å². The van der Waals surface area contributed by atoms with Gasteiger partial charge in [-0.15, -0.1) is 12.4 Å². The number of hydrogen-bond acceptors (Lipinski definition) is 2. The zero-order valence-electron chi connectivity index (χ0n) is 8.41. The molecule has 1 amide bonds. The van der Waals surface area contributed by atoms with Gasteiger partial charge in [-0.2, -0.15) is 0 Å². The summed E-state index contributed by atoms with van der Waals surface area (Å²) in [6, 6.07) is 1.85. The highest BCUT2D eigenvalue weighted by Crippen LogP contribution is 2.12. The summed E-state index contributed by atoms with van der Waals surface area (Å²) in [6.07, 6.45) is 3.28. The molecular weight excluding hydrogens is 200 g/mol. The number of carbonyl (C=O) groups is 1. The molecule has 0 fully saturated rings. The fourth-order valence-corrected chi connectivity index (χ4v) is 1.41. The Morgan fingerprint density at radius 3 is 2.50 bits per heavy atom. The molecular formula is C10H15ClN2O. The molecule has 0 aromatic carbocycles. The molecule has 0 atom stereocenters. The molecule has 14 heavy (non-hydrogen) atoms. The Labute approximate surface area is 90.1 Å². The number of nitrogens with zero attached hydrogens (tertiary/aromatic N) is 1. The lowest BCUT2D eigenvalue weighted by molar-refractivity contribution is 0.0998. The number of rotatable bonds is 3. The predicted octanol–water partition coefficient (Wildman–Crippen LogP) is 1.73. The highest BCUT2D eigenvalue weighted by molar-refractivity contribution is 5.95. The van der Waals surface area contributed by atoms with Crippen molar-refractivity contribution in [2.75, 3.05) is 0 Å². The number of aryl methyl sites for hydroxylation is 2. The number of carbonyl (C=O) groups excluding carboxylic acids is 1. The third kappa shape index (κ3) is 2.45. The maximum Gasteiger partial charge on any atom is 0.250 e. The molecule has 3 nitrogen and oxygen atoms in total. The van der Waals surface area contributed by atoms with Crippen LogP contribution >= 0.6 is 12.4 Å². The van der Waals surface area contributed by atoms with Crippen molar-refractivity contribution in [2.45, 2.75) is 26.7 Å². The second-order valence-corrected chi connectivity index (χ2v) is 2.86. The number of halogens is 1. The lowest BCUT2D eigenvalue weighted by Gasteiger charge is -2.07. The highest BCUT2D eigenvalue weighted by Gasteiger charge is 2.11. The fraction of sp³-hybridized carbons (Fsp3) is 0.400. The Hall–Kier alpha value is -1.09. The zero-order valence-corrected chi connectivity index (χ0v) is 9.23. The molecule has 78 valence electrons. The Balaban J connectivity index is 0.00000169. The van der Waals surface area contributed by atoms with Crippen molar-refractivity contribution in [3.8, 4) is 0 Å². The van der Waals surface area contributed by atoms with Gasteiger partial charge in [0.2, 0.25) is 0 Å². The van der Waals surface area contributed by atoms with E-state index in [2.05, 4.69) is 4.98 Å². The van der Waals surface area contributed by atoms with Crippen LogP contribution < -0.4 is 5.73 Å². The Morgan fingerprint density at radius 2 is 2.07 bits per heavy atom. The van der Waals surface area contributed by atoms with Crippen LogP contribution in [-0.2, 0) is 12.8 Å². The normalized spacial score (nSPS) is 9.29. The van der Waals surface area contributed by atoms with Crippen LogP contribution in [0.1, 0.15) is 35.5 Å². The van der Waals surface area contributed by atoms with Gasteiger partial charge in [-0.3, -0.25) is 9.78 Å². The lowest BCUT2D eigenvalue weighted by Crippen LogP contribution is -2.17. The standard InChI is InChI=1S/C10H14N2O.ClH/c1-3-7-5-6-12-8(4-2)9(7)10(11)13;/h5-6H,3-4H2,1-2H3,(H2,11,13);1H. The maximum absolute atomic E-state index is 11.1. The highest BCUT2D eigenvalue weighted by atomic mass is 35.5. The largest absolute Gasteiger partial charge is 0.366 e. The molecule has 0 unspecified atom stereocenters. The minimum Gasteiger partial charge on any atom is -0.366 e. The van der Waals surface area contributed by atoms with E-state index in [1.54, 1.807) is 6.20 Å². The van der Waals surface area contributed by atoms with E-state index in [-0.39, 0.29) is 18.3 Å². The zero-order chi connectivity index (χ0) is 9.84. The van der Waals surface area contributed by atoms with E-state index in [1.165, 1.54) is 0 Å². The first-order chi connectivity index (χ1) is 6.20. The second-order valence-electron chi connectivity index (χ2n) is 2.86. The molecule has 1 aromatic rings. The molecule has 0 saturated carbocycles. The van der Waals surface area contributed by atoms with Gasteiger partial charge in [0.25, 0.3) is 5.91 Å². The van der Waals surface area contributed by atoms with Crippen LogP contribution in [0.25, 0.3) is 0 Å². The van der Waals surface area contributed by atoms with Gasteiger partial charge in [-0.1, -0.05) is 13.8 Å². The Kier molecular flexibility index (Phi) is 5.16. The SMILES string of the molecule is CCc1ccnc(CC)c1C(N)=O.Cl. The summed E-state index contributed by atoms with van der Waals surface area (Å²) < 4.78 is 0. The molecule has 4 heteroatoms. The smallest absolute Gasteiger partial charge is 0.250 e. The van der Waals surface area contributed by atoms with Gasteiger partial charge in [0.05, 0.1) is 11.3 Å². The molecule has 2 N–H and O–H groups in total. The third-order valence-electron chi connectivity index (χ3n) is 2.08. The maximum atomic E-state index is 11.1. The number of amides is 1. The summed E-state index contributed by atoms with van der Waals surface area (Å²) in [7, 11) is 0. The van der Waals surface area contributed by atoms with Crippen LogP contribution in [0.2, 0.25) is 0 Å². The number of aromatic nitrogens is 1. The number of nitrogens with two attached hydrogens (primary N) is 1. The van der Waals surface area contributed by atoms with Crippen molar-refractivity contribution in [3.05, 3.63) is 29.1 Å². The van der Waals surface area contributed by atoms with E-state index in [0.29, 0.717) is 5.56 Å². The van der Waals surface area contributed by atoms with Gasteiger partial charge in [-0.25, -0.2) is 0 Å². The average molecular weight is 215 g/mol. The van der Waals surface area contributed by atoms with Crippen molar-refractivity contribution < 1.29 is 4.79 Å². The van der Waals surface area contributed by atoms with Gasteiger partial charge in [0.15, 0.2) is 0 Å². The van der Waals surface area contributed by atoms with Gasteiger partial charge >= 0.3 is 0 Å². The molecule has 0 aliphatic carbocycles. The summed E-state index contributed by atoms with van der Waals surface area (Å²) in [4.78, 5) is 15.3. The van der Waals surface area contributed by atoms with E-state index in [4.69, 9.17) is 5.73 Å². The van der Waals surface area contributed by atoms with Gasteiger partial charge in [0.1, 0.15) is 0 Å². The first-order valence-corrected chi connectivity index (χ1v) is 4.47. The van der Waals surface area contributed by atoms with Crippen molar-refractivity contribution in [1.82, 2.24) is 4.98 Å². The third-order valence-corrected chi connectivity index (χ3v) is 2.08. The molecule has 0 aliphatic heterocycles. The molecule has 0 radical (unpaired) electrons. The Bertz CT molecular complexity index is 304. The monoisotopic (exact) mass is 214 g/mol. The number of hydrogen-bond donors (Lipinski definition) is 1. The molecule has 1 heterocycles. The van der Waals surface area contributed by atoms with Crippen molar-refractivity contribution >= 4 is 18.3 Å². The van der Waals surface area contributed by atoms with Gasteiger partial charge in [0, 0.05) is 6.20 Å². The van der Waals surface area contributed by atoms with Gasteiger partial charge in [-0.05, 0) is 24.5 Å².